The average molecular weight is 222 g/mol. The minimum Gasteiger partial charge on any atom is -0.491 e. The molecule has 3 heteroatoms. The van der Waals surface area contributed by atoms with E-state index in [-0.39, 0.29) is 10.5 Å². The van der Waals surface area contributed by atoms with E-state index in [0.29, 0.717) is 12.2 Å². The molecule has 0 bridgehead atoms. The summed E-state index contributed by atoms with van der Waals surface area (Å²) in [6.07, 6.45) is 0. The van der Waals surface area contributed by atoms with Gasteiger partial charge in [0.1, 0.15) is 12.4 Å². The second-order valence-electron chi connectivity index (χ2n) is 4.37. The predicted molar refractivity (Wildman–Crippen MR) is 61.9 cm³/mol. The van der Waals surface area contributed by atoms with Gasteiger partial charge in [-0.3, -0.25) is 4.79 Å². The van der Waals surface area contributed by atoms with Gasteiger partial charge in [0.2, 0.25) is 0 Å². The maximum absolute atomic E-state index is 11.2. The van der Waals surface area contributed by atoms with Crippen LogP contribution in [0.3, 0.4) is 0 Å². The van der Waals surface area contributed by atoms with Crippen LogP contribution in [0.2, 0.25) is 0 Å². The summed E-state index contributed by atoms with van der Waals surface area (Å²) < 4.78 is 5.77. The van der Waals surface area contributed by atoms with E-state index in [0.717, 1.165) is 10.6 Å². The Labute approximate surface area is 94.0 Å². The Morgan fingerprint density at radius 3 is 2.87 bits per heavy atom. The van der Waals surface area contributed by atoms with Gasteiger partial charge < -0.3 is 4.74 Å². The summed E-state index contributed by atoms with van der Waals surface area (Å²) in [4.78, 5) is 12.3. The summed E-state index contributed by atoms with van der Waals surface area (Å²) in [5.74, 6) is 0.920. The fourth-order valence-electron chi connectivity index (χ4n) is 1.50. The van der Waals surface area contributed by atoms with E-state index in [1.54, 1.807) is 18.7 Å². The van der Waals surface area contributed by atoms with Crippen molar-refractivity contribution in [2.24, 2.45) is 0 Å². The topological polar surface area (TPSA) is 26.3 Å². The summed E-state index contributed by atoms with van der Waals surface area (Å²) in [6, 6.07) is 5.66. The van der Waals surface area contributed by atoms with Crippen molar-refractivity contribution in [3.63, 3.8) is 0 Å². The number of thioether (sulfide) groups is 1. The quantitative estimate of drug-likeness (QED) is 0.683. The van der Waals surface area contributed by atoms with Gasteiger partial charge in [-0.15, -0.1) is 11.8 Å². The molecule has 0 aromatic heterocycles. The molecular weight excluding hydrogens is 208 g/mol. The molecule has 80 valence electrons. The second kappa shape index (κ2) is 3.56. The molecule has 1 aliphatic heterocycles. The molecule has 0 amide bonds. The van der Waals surface area contributed by atoms with Gasteiger partial charge in [-0.05, 0) is 32.9 Å². The third-order valence-corrected chi connectivity index (χ3v) is 3.54. The first kappa shape index (κ1) is 10.6. The number of benzene rings is 1. The van der Waals surface area contributed by atoms with Crippen molar-refractivity contribution in [3.05, 3.63) is 23.8 Å². The molecule has 1 aromatic rings. The summed E-state index contributed by atoms with van der Waals surface area (Å²) in [5, 5.41) is 0. The molecule has 0 aliphatic carbocycles. The van der Waals surface area contributed by atoms with Gasteiger partial charge in [0.25, 0.3) is 0 Å². The van der Waals surface area contributed by atoms with E-state index < -0.39 is 0 Å². The summed E-state index contributed by atoms with van der Waals surface area (Å²) >= 11 is 1.80. The largest absolute Gasteiger partial charge is 0.491 e. The Morgan fingerprint density at radius 1 is 1.47 bits per heavy atom. The SMILES string of the molecule is CC(=O)c1ccc2c(c1)OCC(C)(C)S2. The third-order valence-electron chi connectivity index (χ3n) is 2.31. The van der Waals surface area contributed by atoms with Crippen molar-refractivity contribution >= 4 is 17.5 Å². The van der Waals surface area contributed by atoms with Gasteiger partial charge in [0.15, 0.2) is 5.78 Å². The van der Waals surface area contributed by atoms with E-state index in [1.165, 1.54) is 0 Å². The second-order valence-corrected chi connectivity index (χ2v) is 6.12. The number of carbonyl (C=O) groups excluding carboxylic acids is 1. The van der Waals surface area contributed by atoms with Crippen LogP contribution < -0.4 is 4.74 Å². The smallest absolute Gasteiger partial charge is 0.159 e. The molecule has 15 heavy (non-hydrogen) atoms. The maximum atomic E-state index is 11.2. The first-order chi connectivity index (χ1) is 6.98. The minimum absolute atomic E-state index is 0.0798. The maximum Gasteiger partial charge on any atom is 0.159 e. The summed E-state index contributed by atoms with van der Waals surface area (Å²) in [7, 11) is 0. The van der Waals surface area contributed by atoms with Crippen LogP contribution in [0.1, 0.15) is 31.1 Å². The number of Topliss-reactive ketones (excluding diaryl/α,β-unsaturated/α-hetero) is 1. The number of ketones is 1. The highest BCUT2D eigenvalue weighted by Gasteiger charge is 2.27. The van der Waals surface area contributed by atoms with Crippen LogP contribution in [-0.4, -0.2) is 17.1 Å². The van der Waals surface area contributed by atoms with Gasteiger partial charge in [-0.25, -0.2) is 0 Å². The van der Waals surface area contributed by atoms with E-state index in [4.69, 9.17) is 4.74 Å². The first-order valence-electron chi connectivity index (χ1n) is 4.95. The molecule has 0 saturated carbocycles. The number of fused-ring (bicyclic) bond motifs is 1. The predicted octanol–water partition coefficient (Wildman–Crippen LogP) is 3.15. The fraction of sp³-hybridized carbons (Fsp3) is 0.417. The van der Waals surface area contributed by atoms with Crippen molar-refractivity contribution < 1.29 is 9.53 Å². The Balaban J connectivity index is 2.36. The zero-order valence-corrected chi connectivity index (χ0v) is 9.98. The Hall–Kier alpha value is -0.960. The van der Waals surface area contributed by atoms with Crippen molar-refractivity contribution in [3.8, 4) is 5.75 Å². The van der Waals surface area contributed by atoms with Crippen LogP contribution in [0.15, 0.2) is 23.1 Å². The number of rotatable bonds is 1. The molecule has 1 aromatic carbocycles. The third kappa shape index (κ3) is 2.17. The van der Waals surface area contributed by atoms with Gasteiger partial charge in [0, 0.05) is 10.3 Å². The van der Waals surface area contributed by atoms with E-state index in [9.17, 15) is 4.79 Å². The molecule has 1 heterocycles. The molecule has 1 aliphatic rings. The number of ether oxygens (including phenoxy) is 1. The lowest BCUT2D eigenvalue weighted by Crippen LogP contribution is -2.28. The van der Waals surface area contributed by atoms with Crippen LogP contribution in [0.25, 0.3) is 0 Å². The normalized spacial score (nSPS) is 17.8. The monoisotopic (exact) mass is 222 g/mol. The van der Waals surface area contributed by atoms with Crippen molar-refractivity contribution in [1.29, 1.82) is 0 Å². The lowest BCUT2D eigenvalue weighted by Gasteiger charge is -2.30. The molecule has 0 fully saturated rings. The molecule has 0 N–H and O–H groups in total. The van der Waals surface area contributed by atoms with E-state index in [1.807, 2.05) is 18.2 Å². The highest BCUT2D eigenvalue weighted by molar-refractivity contribution is 8.00. The van der Waals surface area contributed by atoms with Crippen molar-refractivity contribution in [2.45, 2.75) is 30.4 Å². The molecular formula is C12H14O2S. The number of carbonyl (C=O) groups is 1. The van der Waals surface area contributed by atoms with E-state index in [2.05, 4.69) is 13.8 Å². The fourth-order valence-corrected chi connectivity index (χ4v) is 2.57. The Kier molecular flexibility index (Phi) is 2.51. The highest BCUT2D eigenvalue weighted by atomic mass is 32.2. The van der Waals surface area contributed by atoms with Crippen LogP contribution in [-0.2, 0) is 0 Å². The molecule has 2 rings (SSSR count). The van der Waals surface area contributed by atoms with Gasteiger partial charge in [0.05, 0.1) is 4.90 Å². The van der Waals surface area contributed by atoms with Crippen LogP contribution in [0, 0.1) is 0 Å². The van der Waals surface area contributed by atoms with E-state index >= 15 is 0 Å². The molecule has 2 nitrogen and oxygen atoms in total. The lowest BCUT2D eigenvalue weighted by atomic mass is 10.1. The molecule has 0 unspecified atom stereocenters. The molecule has 0 atom stereocenters. The zero-order chi connectivity index (χ0) is 11.1. The number of hydrogen-bond donors (Lipinski definition) is 0. The Bertz CT molecular complexity index is 410. The minimum atomic E-state index is 0.0798. The highest BCUT2D eigenvalue weighted by Crippen LogP contribution is 2.43. The molecule has 0 saturated heterocycles. The average Bonchev–Trinajstić information content (AvgIpc) is 2.15. The first-order valence-corrected chi connectivity index (χ1v) is 5.76. The summed E-state index contributed by atoms with van der Waals surface area (Å²) in [5.41, 5.74) is 0.717. The van der Waals surface area contributed by atoms with Gasteiger partial charge >= 0.3 is 0 Å². The van der Waals surface area contributed by atoms with Crippen LogP contribution >= 0.6 is 11.8 Å². The molecule has 0 spiro atoms. The van der Waals surface area contributed by atoms with Crippen LogP contribution in [0.4, 0.5) is 0 Å². The zero-order valence-electron chi connectivity index (χ0n) is 9.16. The summed E-state index contributed by atoms with van der Waals surface area (Å²) in [6.45, 7) is 6.56. The number of hydrogen-bond acceptors (Lipinski definition) is 3. The Morgan fingerprint density at radius 2 is 2.20 bits per heavy atom. The molecule has 0 radical (unpaired) electrons. The van der Waals surface area contributed by atoms with Gasteiger partial charge in [-0.2, -0.15) is 0 Å². The van der Waals surface area contributed by atoms with Crippen molar-refractivity contribution in [2.75, 3.05) is 6.61 Å². The lowest BCUT2D eigenvalue weighted by molar-refractivity contribution is 0.101. The standard InChI is InChI=1S/C12H14O2S/c1-8(13)9-4-5-11-10(6-9)14-7-12(2,3)15-11/h4-6H,7H2,1-3H3. The van der Waals surface area contributed by atoms with Crippen molar-refractivity contribution in [1.82, 2.24) is 0 Å². The van der Waals surface area contributed by atoms with Gasteiger partial charge in [-0.1, -0.05) is 6.07 Å². The van der Waals surface area contributed by atoms with Crippen LogP contribution in [0.5, 0.6) is 5.75 Å².